The van der Waals surface area contributed by atoms with Crippen molar-refractivity contribution in [1.82, 2.24) is 0 Å². The monoisotopic (exact) mass is 282 g/mol. The average Bonchev–Trinajstić information content (AvgIpc) is 2.25. The molecule has 0 aromatic rings. The number of esters is 1. The Balaban J connectivity index is 3.29. The van der Waals surface area contributed by atoms with Crippen molar-refractivity contribution in [3.8, 4) is 0 Å². The fourth-order valence-electron chi connectivity index (χ4n) is 2.05. The maximum absolute atomic E-state index is 12.3. The van der Waals surface area contributed by atoms with Crippen molar-refractivity contribution in [2.75, 3.05) is 0 Å². The van der Waals surface area contributed by atoms with Gasteiger partial charge in [0.15, 0.2) is 5.41 Å². The Hall–Kier alpha value is -2.11. The fourth-order valence-corrected chi connectivity index (χ4v) is 2.05. The van der Waals surface area contributed by atoms with Crippen molar-refractivity contribution in [2.45, 2.75) is 33.3 Å². The topological polar surface area (TPSA) is 101 Å². The van der Waals surface area contributed by atoms with Gasteiger partial charge < -0.3 is 14.9 Å². The molecule has 0 heterocycles. The largest absolute Gasteiger partial charge is 0.480 e. The average molecular weight is 282 g/mol. The number of aliphatic carboxylic acids is 2. The Morgan fingerprint density at radius 1 is 1.25 bits per heavy atom. The van der Waals surface area contributed by atoms with Gasteiger partial charge in [0.1, 0.15) is 5.60 Å². The van der Waals surface area contributed by atoms with E-state index in [0.717, 1.165) is 0 Å². The van der Waals surface area contributed by atoms with E-state index in [0.29, 0.717) is 0 Å². The quantitative estimate of drug-likeness (QED) is 0.602. The van der Waals surface area contributed by atoms with Crippen LogP contribution in [0.15, 0.2) is 23.8 Å². The minimum Gasteiger partial charge on any atom is -0.480 e. The molecule has 6 nitrogen and oxygen atoms in total. The van der Waals surface area contributed by atoms with Crippen molar-refractivity contribution in [2.24, 2.45) is 11.3 Å². The second-order valence-corrected chi connectivity index (χ2v) is 5.68. The number of carboxylic acid groups (broad SMARTS) is 2. The van der Waals surface area contributed by atoms with E-state index in [1.54, 1.807) is 20.8 Å². The van der Waals surface area contributed by atoms with Crippen LogP contribution in [0.1, 0.15) is 27.7 Å². The standard InChI is InChI=1S/C14H18O6/c1-8-9(10(15)16)6-5-7-14(8,11(17)18)12(19)20-13(2,3)4/h5-8H,1-4H3,(H,15,16)(H,17,18). The van der Waals surface area contributed by atoms with E-state index in [4.69, 9.17) is 9.84 Å². The lowest BCUT2D eigenvalue weighted by Crippen LogP contribution is -2.48. The number of rotatable bonds is 3. The highest BCUT2D eigenvalue weighted by atomic mass is 16.6. The van der Waals surface area contributed by atoms with E-state index in [9.17, 15) is 19.5 Å². The molecule has 1 aliphatic rings. The number of ether oxygens (including phenoxy) is 1. The molecule has 1 aliphatic carbocycles. The summed E-state index contributed by atoms with van der Waals surface area (Å²) in [5.41, 5.74) is -3.02. The highest BCUT2D eigenvalue weighted by Gasteiger charge is 2.54. The summed E-state index contributed by atoms with van der Waals surface area (Å²) in [6, 6.07) is 0. The van der Waals surface area contributed by atoms with Crippen LogP contribution in [0, 0.1) is 11.3 Å². The maximum Gasteiger partial charge on any atom is 0.331 e. The lowest BCUT2D eigenvalue weighted by Gasteiger charge is -2.35. The Bertz CT molecular complexity index is 508. The number of hydrogen-bond donors (Lipinski definition) is 2. The molecular weight excluding hydrogens is 264 g/mol. The summed E-state index contributed by atoms with van der Waals surface area (Å²) in [7, 11) is 0. The van der Waals surface area contributed by atoms with Gasteiger partial charge in [-0.3, -0.25) is 9.59 Å². The lowest BCUT2D eigenvalue weighted by molar-refractivity contribution is -0.175. The Morgan fingerprint density at radius 3 is 2.20 bits per heavy atom. The van der Waals surface area contributed by atoms with Crippen LogP contribution >= 0.6 is 0 Å². The van der Waals surface area contributed by atoms with Crippen LogP contribution in [-0.4, -0.2) is 33.7 Å². The summed E-state index contributed by atoms with van der Waals surface area (Å²) in [6.07, 6.45) is 3.74. The van der Waals surface area contributed by atoms with E-state index in [1.807, 2.05) is 0 Å². The van der Waals surface area contributed by atoms with Gasteiger partial charge in [-0.05, 0) is 20.8 Å². The summed E-state index contributed by atoms with van der Waals surface area (Å²) < 4.78 is 5.15. The molecule has 2 atom stereocenters. The van der Waals surface area contributed by atoms with Gasteiger partial charge in [-0.15, -0.1) is 0 Å². The molecule has 0 aromatic carbocycles. The van der Waals surface area contributed by atoms with Crippen LogP contribution in [0.5, 0.6) is 0 Å². The number of carbonyl (C=O) groups is 3. The van der Waals surface area contributed by atoms with Crippen LogP contribution in [0.2, 0.25) is 0 Å². The molecule has 0 aliphatic heterocycles. The molecule has 1 rings (SSSR count). The van der Waals surface area contributed by atoms with Gasteiger partial charge >= 0.3 is 17.9 Å². The summed E-state index contributed by atoms with van der Waals surface area (Å²) in [5, 5.41) is 18.5. The van der Waals surface area contributed by atoms with Gasteiger partial charge in [-0.25, -0.2) is 4.79 Å². The minimum atomic E-state index is -2.02. The second-order valence-electron chi connectivity index (χ2n) is 5.68. The zero-order chi connectivity index (χ0) is 15.7. The zero-order valence-electron chi connectivity index (χ0n) is 11.8. The molecule has 110 valence electrons. The highest BCUT2D eigenvalue weighted by Crippen LogP contribution is 2.40. The van der Waals surface area contributed by atoms with E-state index in [-0.39, 0.29) is 5.57 Å². The second kappa shape index (κ2) is 5.11. The highest BCUT2D eigenvalue weighted by molar-refractivity contribution is 6.05. The number of carbonyl (C=O) groups excluding carboxylic acids is 1. The molecule has 0 amide bonds. The van der Waals surface area contributed by atoms with Crippen LogP contribution in [0.3, 0.4) is 0 Å². The van der Waals surface area contributed by atoms with Gasteiger partial charge in [0, 0.05) is 11.5 Å². The van der Waals surface area contributed by atoms with E-state index in [2.05, 4.69) is 0 Å². The molecule has 0 saturated heterocycles. The summed E-state index contributed by atoms with van der Waals surface area (Å²) in [4.78, 5) is 35.0. The molecule has 0 spiro atoms. The first-order chi connectivity index (χ1) is 9.02. The van der Waals surface area contributed by atoms with E-state index < -0.39 is 34.8 Å². The van der Waals surface area contributed by atoms with Gasteiger partial charge in [-0.1, -0.05) is 25.2 Å². The molecule has 0 aromatic heterocycles. The predicted molar refractivity (Wildman–Crippen MR) is 69.9 cm³/mol. The van der Waals surface area contributed by atoms with Gasteiger partial charge in [0.05, 0.1) is 0 Å². The first-order valence-electron chi connectivity index (χ1n) is 6.12. The molecule has 2 unspecified atom stereocenters. The smallest absolute Gasteiger partial charge is 0.331 e. The molecule has 0 bridgehead atoms. The van der Waals surface area contributed by atoms with Gasteiger partial charge in [-0.2, -0.15) is 0 Å². The molecule has 2 N–H and O–H groups in total. The zero-order valence-corrected chi connectivity index (χ0v) is 11.8. The first kappa shape index (κ1) is 15.9. The van der Waals surface area contributed by atoms with Crippen LogP contribution in [0.4, 0.5) is 0 Å². The molecule has 6 heteroatoms. The number of hydrogen-bond acceptors (Lipinski definition) is 4. The third-order valence-electron chi connectivity index (χ3n) is 3.12. The number of carboxylic acids is 2. The van der Waals surface area contributed by atoms with Crippen molar-refractivity contribution in [1.29, 1.82) is 0 Å². The fraction of sp³-hybridized carbons (Fsp3) is 0.500. The Kier molecular flexibility index (Phi) is 4.07. The SMILES string of the molecule is CC1C(C(=O)O)=CC=CC1(C(=O)O)C(=O)OC(C)(C)C. The lowest BCUT2D eigenvalue weighted by atomic mass is 9.69. The van der Waals surface area contributed by atoms with Crippen LogP contribution in [-0.2, 0) is 19.1 Å². The van der Waals surface area contributed by atoms with Crippen molar-refractivity contribution >= 4 is 17.9 Å². The molecule has 0 fully saturated rings. The summed E-state index contributed by atoms with van der Waals surface area (Å²) in [5.74, 6) is -4.68. The van der Waals surface area contributed by atoms with E-state index >= 15 is 0 Å². The Labute approximate surface area is 116 Å². The van der Waals surface area contributed by atoms with Crippen LogP contribution in [0.25, 0.3) is 0 Å². The predicted octanol–water partition coefficient (Wildman–Crippen LogP) is 1.62. The van der Waals surface area contributed by atoms with Gasteiger partial charge in [0.2, 0.25) is 0 Å². The number of allylic oxidation sites excluding steroid dienone is 2. The molecule has 20 heavy (non-hydrogen) atoms. The minimum absolute atomic E-state index is 0.138. The molecular formula is C14H18O6. The van der Waals surface area contributed by atoms with Crippen LogP contribution < -0.4 is 0 Å². The maximum atomic E-state index is 12.3. The summed E-state index contributed by atoms with van der Waals surface area (Å²) in [6.45, 7) is 6.24. The van der Waals surface area contributed by atoms with Crippen molar-refractivity contribution in [3.05, 3.63) is 23.8 Å². The first-order valence-corrected chi connectivity index (χ1v) is 6.12. The molecule has 0 radical (unpaired) electrons. The normalized spacial score (nSPS) is 25.8. The molecule has 0 saturated carbocycles. The third kappa shape index (κ3) is 2.74. The van der Waals surface area contributed by atoms with Gasteiger partial charge in [0.25, 0.3) is 0 Å². The van der Waals surface area contributed by atoms with Crippen molar-refractivity contribution < 1.29 is 29.3 Å². The Morgan fingerprint density at radius 2 is 1.80 bits per heavy atom. The van der Waals surface area contributed by atoms with E-state index in [1.165, 1.54) is 25.2 Å². The summed E-state index contributed by atoms with van der Waals surface area (Å²) >= 11 is 0. The third-order valence-corrected chi connectivity index (χ3v) is 3.12. The van der Waals surface area contributed by atoms with Crippen molar-refractivity contribution in [3.63, 3.8) is 0 Å².